The molecule has 0 aliphatic heterocycles. The van der Waals surface area contributed by atoms with Crippen molar-refractivity contribution >= 4 is 22.0 Å². The summed E-state index contributed by atoms with van der Waals surface area (Å²) in [6.45, 7) is 2.61. The molecule has 0 heterocycles. The molecule has 1 aromatic carbocycles. The highest BCUT2D eigenvalue weighted by Crippen LogP contribution is 2.30. The Morgan fingerprint density at radius 1 is 1.38 bits per heavy atom. The summed E-state index contributed by atoms with van der Waals surface area (Å²) in [7, 11) is -2.87. The van der Waals surface area contributed by atoms with Crippen molar-refractivity contribution in [1.82, 2.24) is 4.31 Å². The van der Waals surface area contributed by atoms with Crippen molar-refractivity contribution in [2.75, 3.05) is 18.1 Å². The average Bonchev–Trinajstić information content (AvgIpc) is 2.50. The molecule has 1 unspecified atom stereocenters. The normalized spacial score (nSPS) is 15.8. The molecule has 1 rings (SSSR count). The van der Waals surface area contributed by atoms with E-state index in [2.05, 4.69) is 5.32 Å². The van der Waals surface area contributed by atoms with Crippen LogP contribution >= 0.6 is 0 Å². The zero-order chi connectivity index (χ0) is 20.3. The summed E-state index contributed by atoms with van der Waals surface area (Å²) in [6, 6.07) is 1.29. The van der Waals surface area contributed by atoms with Crippen molar-refractivity contribution in [2.24, 2.45) is 5.73 Å². The van der Waals surface area contributed by atoms with Gasteiger partial charge in [-0.25, -0.2) is 12.8 Å². The van der Waals surface area contributed by atoms with E-state index in [9.17, 15) is 26.0 Å². The van der Waals surface area contributed by atoms with Gasteiger partial charge in [-0.05, 0) is 31.5 Å². The number of sulfonamides is 1. The van der Waals surface area contributed by atoms with Gasteiger partial charge in [0.05, 0.1) is 17.6 Å². The Kier molecular flexibility index (Phi) is 6.64. The van der Waals surface area contributed by atoms with Gasteiger partial charge in [0.2, 0.25) is 10.0 Å². The first kappa shape index (κ1) is 22.2. The number of rotatable bonds is 8. The predicted molar refractivity (Wildman–Crippen MR) is 92.0 cm³/mol. The molecule has 0 aliphatic carbocycles. The Morgan fingerprint density at radius 2 is 1.96 bits per heavy atom. The van der Waals surface area contributed by atoms with Crippen LogP contribution in [-0.4, -0.2) is 44.1 Å². The second-order valence-electron chi connectivity index (χ2n) is 6.16. The molecular formula is C15H22F4N4O2S. The van der Waals surface area contributed by atoms with E-state index in [4.69, 9.17) is 11.1 Å². The summed E-state index contributed by atoms with van der Waals surface area (Å²) in [4.78, 5) is 0. The van der Waals surface area contributed by atoms with Crippen LogP contribution in [0.25, 0.3) is 0 Å². The minimum absolute atomic E-state index is 0.0277. The molecular weight excluding hydrogens is 376 g/mol. The molecule has 1 aromatic rings. The summed E-state index contributed by atoms with van der Waals surface area (Å²) < 4.78 is 77.7. The molecule has 0 spiro atoms. The van der Waals surface area contributed by atoms with Crippen molar-refractivity contribution < 1.29 is 26.0 Å². The Balaban J connectivity index is 3.22. The second-order valence-corrected chi connectivity index (χ2v) is 8.19. The number of hydrogen-bond acceptors (Lipinski definition) is 5. The zero-order valence-electron chi connectivity index (χ0n) is 14.6. The third-order valence-electron chi connectivity index (χ3n) is 3.83. The van der Waals surface area contributed by atoms with E-state index in [1.165, 1.54) is 13.8 Å². The van der Waals surface area contributed by atoms with Crippen LogP contribution in [-0.2, 0) is 15.6 Å². The largest absolute Gasteiger partial charge is 0.408 e. The fourth-order valence-electron chi connectivity index (χ4n) is 2.31. The molecule has 6 nitrogen and oxygen atoms in total. The number of anilines is 1. The first-order valence-electron chi connectivity index (χ1n) is 7.63. The van der Waals surface area contributed by atoms with Gasteiger partial charge in [0.1, 0.15) is 11.9 Å². The Bertz CT molecular complexity index is 751. The molecule has 0 bridgehead atoms. The van der Waals surface area contributed by atoms with Gasteiger partial charge in [0, 0.05) is 18.3 Å². The summed E-state index contributed by atoms with van der Waals surface area (Å²) in [6.07, 6.45) is -4.17. The lowest BCUT2D eigenvalue weighted by atomic mass is 9.94. The number of alkyl halides is 3. The fourth-order valence-corrected chi connectivity index (χ4v) is 3.59. The molecule has 0 fully saturated rings. The highest BCUT2D eigenvalue weighted by Gasteiger charge is 2.39. The highest BCUT2D eigenvalue weighted by molar-refractivity contribution is 7.89. The fraction of sp³-hybridized carbons (Fsp3) is 0.533. The number of nitrogens with one attached hydrogen (secondary N) is 2. The van der Waals surface area contributed by atoms with Crippen LogP contribution in [0.3, 0.4) is 0 Å². The SMILES string of the molecule is CCC(Nc1ccc(F)c([C@@](C)(N)CS(=O)(=O)N(C)C=N)c1)C(F)(F)F. The molecule has 2 atom stereocenters. The highest BCUT2D eigenvalue weighted by atomic mass is 32.2. The summed E-state index contributed by atoms with van der Waals surface area (Å²) in [5, 5.41) is 9.26. The monoisotopic (exact) mass is 398 g/mol. The topological polar surface area (TPSA) is 99.3 Å². The molecule has 26 heavy (non-hydrogen) atoms. The van der Waals surface area contributed by atoms with Crippen LogP contribution in [0.2, 0.25) is 0 Å². The number of hydrogen-bond donors (Lipinski definition) is 3. The summed E-state index contributed by atoms with van der Waals surface area (Å²) in [5.74, 6) is -1.57. The predicted octanol–water partition coefficient (Wildman–Crippen LogP) is 2.62. The van der Waals surface area contributed by atoms with Crippen molar-refractivity contribution in [2.45, 2.75) is 38.0 Å². The van der Waals surface area contributed by atoms with E-state index >= 15 is 0 Å². The third-order valence-corrected chi connectivity index (χ3v) is 5.78. The number of nitrogens with two attached hydrogens (primary N) is 1. The maximum Gasteiger partial charge on any atom is 0.408 e. The minimum atomic E-state index is -4.49. The summed E-state index contributed by atoms with van der Waals surface area (Å²) >= 11 is 0. The van der Waals surface area contributed by atoms with E-state index in [1.54, 1.807) is 0 Å². The number of nitrogens with zero attached hydrogens (tertiary/aromatic N) is 1. The molecule has 4 N–H and O–H groups in total. The molecule has 0 amide bonds. The Hall–Kier alpha value is -1.88. The van der Waals surface area contributed by atoms with Crippen molar-refractivity contribution in [1.29, 1.82) is 5.41 Å². The van der Waals surface area contributed by atoms with Gasteiger partial charge < -0.3 is 11.1 Å². The van der Waals surface area contributed by atoms with Gasteiger partial charge >= 0.3 is 6.18 Å². The van der Waals surface area contributed by atoms with E-state index in [0.29, 0.717) is 10.6 Å². The maximum atomic E-state index is 14.2. The zero-order valence-corrected chi connectivity index (χ0v) is 15.4. The van der Waals surface area contributed by atoms with Crippen molar-refractivity contribution in [3.05, 3.63) is 29.6 Å². The lowest BCUT2D eigenvalue weighted by molar-refractivity contribution is -0.142. The van der Waals surface area contributed by atoms with Crippen molar-refractivity contribution in [3.8, 4) is 0 Å². The number of benzene rings is 1. The van der Waals surface area contributed by atoms with Crippen LogP contribution in [0.15, 0.2) is 18.2 Å². The average molecular weight is 398 g/mol. The second kappa shape index (κ2) is 7.78. The van der Waals surface area contributed by atoms with Gasteiger partial charge in [0.15, 0.2) is 0 Å². The van der Waals surface area contributed by atoms with E-state index < -0.39 is 39.4 Å². The van der Waals surface area contributed by atoms with Crippen molar-refractivity contribution in [3.63, 3.8) is 0 Å². The smallest absolute Gasteiger partial charge is 0.374 e. The van der Waals surface area contributed by atoms with Crippen LogP contribution in [0.1, 0.15) is 25.8 Å². The molecule has 0 radical (unpaired) electrons. The molecule has 0 aliphatic rings. The van der Waals surface area contributed by atoms with Gasteiger partial charge in [-0.15, -0.1) is 0 Å². The van der Waals surface area contributed by atoms with Crippen LogP contribution in [0.4, 0.5) is 23.2 Å². The summed E-state index contributed by atoms with van der Waals surface area (Å²) in [5.41, 5.74) is 3.96. The molecule has 11 heteroatoms. The lowest BCUT2D eigenvalue weighted by Gasteiger charge is -2.28. The molecule has 0 aromatic heterocycles. The van der Waals surface area contributed by atoms with Crippen LogP contribution < -0.4 is 11.1 Å². The van der Waals surface area contributed by atoms with E-state index in [0.717, 1.165) is 25.2 Å². The van der Waals surface area contributed by atoms with Crippen LogP contribution in [0.5, 0.6) is 0 Å². The molecule has 148 valence electrons. The van der Waals surface area contributed by atoms with Gasteiger partial charge in [-0.3, -0.25) is 9.71 Å². The quantitative estimate of drug-likeness (QED) is 0.356. The first-order valence-corrected chi connectivity index (χ1v) is 9.24. The van der Waals surface area contributed by atoms with Gasteiger partial charge in [0.25, 0.3) is 0 Å². The van der Waals surface area contributed by atoms with Gasteiger partial charge in [-0.1, -0.05) is 6.92 Å². The minimum Gasteiger partial charge on any atom is -0.374 e. The molecule has 0 saturated carbocycles. The van der Waals surface area contributed by atoms with Gasteiger partial charge in [-0.2, -0.15) is 13.2 Å². The van der Waals surface area contributed by atoms with Crippen LogP contribution in [0, 0.1) is 11.2 Å². The first-order chi connectivity index (χ1) is 11.7. The van der Waals surface area contributed by atoms with E-state index in [1.807, 2.05) is 0 Å². The lowest BCUT2D eigenvalue weighted by Crippen LogP contribution is -2.45. The molecule has 0 saturated heterocycles. The number of halogens is 4. The maximum absolute atomic E-state index is 14.2. The Labute approximate surface area is 149 Å². The standard InChI is InChI=1S/C15H22F4N4O2S/c1-4-13(15(17,18)19)22-10-5-6-12(16)11(7-10)14(2,21)8-26(24,25)23(3)9-20/h5-7,9,13,20,22H,4,8,21H2,1-3H3/t13?,14-/m0/s1. The van der Waals surface area contributed by atoms with E-state index in [-0.39, 0.29) is 17.7 Å². The third kappa shape index (κ3) is 5.31. The Morgan fingerprint density at radius 3 is 2.42 bits per heavy atom.